The van der Waals surface area contributed by atoms with Gasteiger partial charge in [0.1, 0.15) is 11.3 Å². The van der Waals surface area contributed by atoms with Crippen molar-refractivity contribution in [1.29, 1.82) is 0 Å². The van der Waals surface area contributed by atoms with Crippen LogP contribution in [0.2, 0.25) is 5.02 Å². The number of barbiturate groups is 1. The third-order valence-electron chi connectivity index (χ3n) is 9.05. The number of halogens is 1. The summed E-state index contributed by atoms with van der Waals surface area (Å²) >= 11 is 6.39. The van der Waals surface area contributed by atoms with E-state index in [1.165, 1.54) is 50.2 Å². The molecular weight excluding hydrogens is 500 g/mol. The number of rotatable bonds is 6. The number of amides is 4. The lowest BCUT2D eigenvalue weighted by molar-refractivity contribution is -0.122. The highest BCUT2D eigenvalue weighted by Crippen LogP contribution is 2.60. The molecule has 4 bridgehead atoms. The number of nitrogens with zero attached hydrogens (tertiary/aromatic N) is 1. The Kier molecular flexibility index (Phi) is 6.34. The van der Waals surface area contributed by atoms with Crippen LogP contribution in [-0.4, -0.2) is 23.9 Å². The molecule has 5 fully saturated rings. The van der Waals surface area contributed by atoms with Gasteiger partial charge in [-0.15, -0.1) is 0 Å². The second-order valence-corrected chi connectivity index (χ2v) is 12.1. The van der Waals surface area contributed by atoms with Crippen LogP contribution in [0.3, 0.4) is 0 Å². The largest absolute Gasteiger partial charge is 0.489 e. The molecular formula is C31H33ClN2O4. The van der Waals surface area contributed by atoms with Crippen LogP contribution in [0.15, 0.2) is 48.0 Å². The third-order valence-corrected chi connectivity index (χ3v) is 9.34. The second-order valence-electron chi connectivity index (χ2n) is 11.7. The van der Waals surface area contributed by atoms with E-state index in [1.807, 2.05) is 26.0 Å². The van der Waals surface area contributed by atoms with Crippen LogP contribution in [0.25, 0.3) is 6.08 Å². The van der Waals surface area contributed by atoms with E-state index in [1.54, 1.807) is 18.2 Å². The number of urea groups is 1. The van der Waals surface area contributed by atoms with Gasteiger partial charge in [0.15, 0.2) is 0 Å². The van der Waals surface area contributed by atoms with Crippen molar-refractivity contribution in [2.45, 2.75) is 70.3 Å². The third kappa shape index (κ3) is 4.43. The number of hydrogen-bond acceptors (Lipinski definition) is 4. The summed E-state index contributed by atoms with van der Waals surface area (Å²) in [6, 6.07) is 12.2. The van der Waals surface area contributed by atoms with Crippen LogP contribution in [-0.2, 0) is 15.0 Å². The first-order valence-corrected chi connectivity index (χ1v) is 14.1. The topological polar surface area (TPSA) is 75.7 Å². The summed E-state index contributed by atoms with van der Waals surface area (Å²) in [5.41, 5.74) is 2.44. The fourth-order valence-corrected chi connectivity index (χ4v) is 7.72. The fourth-order valence-electron chi connectivity index (χ4n) is 7.49. The molecule has 198 valence electrons. The van der Waals surface area contributed by atoms with Gasteiger partial charge in [0.05, 0.1) is 16.8 Å². The Balaban J connectivity index is 1.25. The Bertz CT molecular complexity index is 1300. The maximum Gasteiger partial charge on any atom is 0.335 e. The summed E-state index contributed by atoms with van der Waals surface area (Å²) in [6.45, 7) is 3.98. The molecule has 5 aliphatic rings. The minimum absolute atomic E-state index is 0.0105. The van der Waals surface area contributed by atoms with Gasteiger partial charge in [-0.05, 0) is 117 Å². The van der Waals surface area contributed by atoms with E-state index in [-0.39, 0.29) is 17.1 Å². The number of anilines is 1. The first-order chi connectivity index (χ1) is 18.2. The predicted molar refractivity (Wildman–Crippen MR) is 147 cm³/mol. The number of imide groups is 2. The summed E-state index contributed by atoms with van der Waals surface area (Å²) in [7, 11) is 0. The number of carbonyl (C=O) groups is 3. The Hall–Kier alpha value is -3.12. The molecule has 0 radical (unpaired) electrons. The zero-order chi connectivity index (χ0) is 26.6. The molecule has 4 aliphatic carbocycles. The first kappa shape index (κ1) is 25.2. The van der Waals surface area contributed by atoms with Gasteiger partial charge < -0.3 is 4.74 Å². The van der Waals surface area contributed by atoms with Crippen molar-refractivity contribution >= 4 is 41.2 Å². The molecule has 2 aromatic carbocycles. The summed E-state index contributed by atoms with van der Waals surface area (Å²) in [5.74, 6) is 1.66. The van der Waals surface area contributed by atoms with E-state index in [2.05, 4.69) is 17.4 Å². The average Bonchev–Trinajstić information content (AvgIpc) is 2.87. The van der Waals surface area contributed by atoms with Crippen LogP contribution in [0, 0.1) is 17.8 Å². The van der Waals surface area contributed by atoms with Crippen LogP contribution in [0.4, 0.5) is 10.5 Å². The molecule has 4 saturated carbocycles. The molecule has 7 heteroatoms. The summed E-state index contributed by atoms with van der Waals surface area (Å²) in [5, 5.41) is 2.70. The van der Waals surface area contributed by atoms with E-state index >= 15 is 0 Å². The zero-order valence-electron chi connectivity index (χ0n) is 21.8. The molecule has 1 saturated heterocycles. The van der Waals surface area contributed by atoms with E-state index in [9.17, 15) is 14.4 Å². The summed E-state index contributed by atoms with van der Waals surface area (Å²) < 4.78 is 5.80. The quantitative estimate of drug-likeness (QED) is 0.334. The molecule has 38 heavy (non-hydrogen) atoms. The van der Waals surface area contributed by atoms with Crippen molar-refractivity contribution in [1.82, 2.24) is 5.32 Å². The van der Waals surface area contributed by atoms with E-state index in [0.29, 0.717) is 22.0 Å². The number of nitrogens with one attached hydrogen (secondary N) is 1. The van der Waals surface area contributed by atoms with Gasteiger partial charge in [-0.25, -0.2) is 9.69 Å². The van der Waals surface area contributed by atoms with Gasteiger partial charge in [-0.3, -0.25) is 14.9 Å². The van der Waals surface area contributed by atoms with Gasteiger partial charge in [0.2, 0.25) is 0 Å². The SMILES string of the molecule is CC[C@@H](C)Oc1ccc(/C=C2\C(=O)NC(=O)N(c3ccc(C45CC6CC(CC(C6)C4)C5)cc3)C2=O)cc1Cl. The van der Waals surface area contributed by atoms with Gasteiger partial charge >= 0.3 is 6.03 Å². The highest BCUT2D eigenvalue weighted by molar-refractivity contribution is 6.39. The van der Waals surface area contributed by atoms with Crippen molar-refractivity contribution in [3.05, 3.63) is 64.2 Å². The molecule has 6 nitrogen and oxygen atoms in total. The maximum atomic E-state index is 13.4. The summed E-state index contributed by atoms with van der Waals surface area (Å²) in [4.78, 5) is 39.9. The predicted octanol–water partition coefficient (Wildman–Crippen LogP) is 6.65. The van der Waals surface area contributed by atoms with Gasteiger partial charge in [-0.1, -0.05) is 36.7 Å². The van der Waals surface area contributed by atoms with E-state index in [0.717, 1.165) is 29.1 Å². The van der Waals surface area contributed by atoms with Crippen LogP contribution in [0.5, 0.6) is 5.75 Å². The van der Waals surface area contributed by atoms with Gasteiger partial charge in [-0.2, -0.15) is 0 Å². The molecule has 0 spiro atoms. The highest BCUT2D eigenvalue weighted by atomic mass is 35.5. The highest BCUT2D eigenvalue weighted by Gasteiger charge is 2.51. The Morgan fingerprint density at radius 1 is 1.03 bits per heavy atom. The van der Waals surface area contributed by atoms with Crippen molar-refractivity contribution in [3.63, 3.8) is 0 Å². The lowest BCUT2D eigenvalue weighted by Crippen LogP contribution is -2.54. The lowest BCUT2D eigenvalue weighted by Gasteiger charge is -2.57. The smallest absolute Gasteiger partial charge is 0.335 e. The van der Waals surface area contributed by atoms with E-state index < -0.39 is 17.8 Å². The standard InChI is InChI=1S/C31H33ClN2O4/c1-3-18(2)38-27-9-4-19(14-26(27)32)13-25-28(35)33-30(37)34(29(25)36)24-7-5-23(6-8-24)31-15-20-10-21(16-31)12-22(11-20)17-31/h4-9,13-14,18,20-22H,3,10-12,15-17H2,1-2H3,(H,33,35,37)/b25-13+/t18-,20?,21?,22?,31?/m1/s1. The molecule has 1 N–H and O–H groups in total. The molecule has 1 heterocycles. The minimum atomic E-state index is -0.741. The van der Waals surface area contributed by atoms with E-state index in [4.69, 9.17) is 16.3 Å². The van der Waals surface area contributed by atoms with Crippen LogP contribution in [0.1, 0.15) is 69.9 Å². The molecule has 1 aliphatic heterocycles. The van der Waals surface area contributed by atoms with Gasteiger partial charge in [0.25, 0.3) is 11.8 Å². The molecule has 7 rings (SSSR count). The molecule has 2 aromatic rings. The zero-order valence-corrected chi connectivity index (χ0v) is 22.6. The lowest BCUT2D eigenvalue weighted by atomic mass is 9.48. The minimum Gasteiger partial charge on any atom is -0.489 e. The number of carbonyl (C=O) groups excluding carboxylic acids is 3. The number of ether oxygens (including phenoxy) is 1. The van der Waals surface area contributed by atoms with Crippen LogP contribution < -0.4 is 15.0 Å². The Morgan fingerprint density at radius 3 is 2.24 bits per heavy atom. The van der Waals surface area contributed by atoms with Crippen molar-refractivity contribution < 1.29 is 19.1 Å². The van der Waals surface area contributed by atoms with Crippen molar-refractivity contribution in [2.24, 2.45) is 17.8 Å². The molecule has 4 amide bonds. The maximum absolute atomic E-state index is 13.4. The molecule has 0 aromatic heterocycles. The average molecular weight is 533 g/mol. The normalized spacial score (nSPS) is 30.1. The number of hydrogen-bond donors (Lipinski definition) is 1. The number of benzene rings is 2. The Labute approximate surface area is 228 Å². The van der Waals surface area contributed by atoms with Crippen molar-refractivity contribution in [2.75, 3.05) is 4.90 Å². The second kappa shape index (κ2) is 9.57. The van der Waals surface area contributed by atoms with Gasteiger partial charge in [0, 0.05) is 0 Å². The fraction of sp³-hybridized carbons (Fsp3) is 0.452. The summed E-state index contributed by atoms with van der Waals surface area (Å²) in [6.07, 6.45) is 10.2. The van der Waals surface area contributed by atoms with Crippen molar-refractivity contribution in [3.8, 4) is 5.75 Å². The first-order valence-electron chi connectivity index (χ1n) is 13.7. The molecule has 1 atom stereocenters. The van der Waals surface area contributed by atoms with Crippen LogP contribution >= 0.6 is 11.6 Å². The monoisotopic (exact) mass is 532 g/mol. The Morgan fingerprint density at radius 2 is 1.66 bits per heavy atom. The molecule has 0 unspecified atom stereocenters.